The molecular weight excluding hydrogens is 365 g/mol. The van der Waals surface area contributed by atoms with Crippen LogP contribution in [0.25, 0.3) is 5.95 Å². The smallest absolute Gasteiger partial charge is 0.319 e. The van der Waals surface area contributed by atoms with E-state index in [1.807, 2.05) is 0 Å². The molecule has 0 saturated carbocycles. The average molecular weight is 378 g/mol. The van der Waals surface area contributed by atoms with Crippen LogP contribution < -0.4 is 10.6 Å². The van der Waals surface area contributed by atoms with Crippen molar-refractivity contribution in [3.8, 4) is 5.95 Å². The Labute approximate surface area is 153 Å². The van der Waals surface area contributed by atoms with E-state index in [0.29, 0.717) is 22.5 Å². The molecule has 0 fully saturated rings. The van der Waals surface area contributed by atoms with Crippen molar-refractivity contribution in [2.75, 3.05) is 5.32 Å². The number of carbonyl (C=O) groups excluding carboxylic acids is 1. The van der Waals surface area contributed by atoms with E-state index in [1.165, 1.54) is 11.0 Å². The molecule has 2 heterocycles. The molecule has 0 saturated heterocycles. The molecular formula is C15H13Cl2N7O. The third kappa shape index (κ3) is 3.86. The van der Waals surface area contributed by atoms with Crippen molar-refractivity contribution in [3.63, 3.8) is 0 Å². The topological polar surface area (TPSA) is 97.6 Å². The first-order valence-electron chi connectivity index (χ1n) is 7.25. The van der Waals surface area contributed by atoms with Gasteiger partial charge in [0.15, 0.2) is 5.82 Å². The van der Waals surface area contributed by atoms with Gasteiger partial charge < -0.3 is 10.6 Å². The normalized spacial score (nSPS) is 11.8. The standard InChI is InChI=1S/C15H13Cl2N7O/c1-9(13-20-8-21-24(13)14-18-6-3-7-19-14)22-15(25)23-11-5-2-4-10(16)12(11)17/h2-9H,1H3,(H2,22,23,25)/t9-/m0/s1. The van der Waals surface area contributed by atoms with Crippen LogP contribution in [0.2, 0.25) is 10.0 Å². The SMILES string of the molecule is C[C@H](NC(=O)Nc1cccc(Cl)c1Cl)c1ncnn1-c1ncccn1. The minimum atomic E-state index is -0.458. The summed E-state index contributed by atoms with van der Waals surface area (Å²) in [7, 11) is 0. The number of halogens is 2. The number of aromatic nitrogens is 5. The van der Waals surface area contributed by atoms with E-state index in [4.69, 9.17) is 23.2 Å². The molecule has 2 aromatic heterocycles. The molecule has 1 aromatic carbocycles. The molecule has 25 heavy (non-hydrogen) atoms. The average Bonchev–Trinajstić information content (AvgIpc) is 3.09. The third-order valence-electron chi connectivity index (χ3n) is 3.25. The summed E-state index contributed by atoms with van der Waals surface area (Å²) in [6.07, 6.45) is 4.56. The quantitative estimate of drug-likeness (QED) is 0.726. The zero-order chi connectivity index (χ0) is 17.8. The second-order valence-corrected chi connectivity index (χ2v) is 5.79. The van der Waals surface area contributed by atoms with E-state index < -0.39 is 12.1 Å². The number of anilines is 1. The molecule has 0 aliphatic carbocycles. The molecule has 2 N–H and O–H groups in total. The highest BCUT2D eigenvalue weighted by Crippen LogP contribution is 2.29. The van der Waals surface area contributed by atoms with E-state index >= 15 is 0 Å². The fourth-order valence-electron chi connectivity index (χ4n) is 2.12. The van der Waals surface area contributed by atoms with Crippen LogP contribution in [0.15, 0.2) is 43.0 Å². The first kappa shape index (κ1) is 17.1. The second-order valence-electron chi connectivity index (χ2n) is 5.00. The van der Waals surface area contributed by atoms with Crippen LogP contribution in [0.4, 0.5) is 10.5 Å². The third-order valence-corrected chi connectivity index (χ3v) is 4.07. The van der Waals surface area contributed by atoms with Gasteiger partial charge in [-0.3, -0.25) is 0 Å². The molecule has 10 heteroatoms. The van der Waals surface area contributed by atoms with Crippen molar-refractivity contribution in [1.82, 2.24) is 30.0 Å². The lowest BCUT2D eigenvalue weighted by Crippen LogP contribution is -2.32. The van der Waals surface area contributed by atoms with Crippen LogP contribution in [-0.4, -0.2) is 30.8 Å². The molecule has 8 nitrogen and oxygen atoms in total. The van der Waals surface area contributed by atoms with Gasteiger partial charge >= 0.3 is 6.03 Å². The van der Waals surface area contributed by atoms with Crippen molar-refractivity contribution in [2.45, 2.75) is 13.0 Å². The van der Waals surface area contributed by atoms with Crippen molar-refractivity contribution >= 4 is 34.9 Å². The Hall–Kier alpha value is -2.71. The summed E-state index contributed by atoms with van der Waals surface area (Å²) in [6, 6.07) is 5.77. The number of urea groups is 1. The summed E-state index contributed by atoms with van der Waals surface area (Å²) in [6.45, 7) is 1.77. The number of amides is 2. The molecule has 2 amide bonds. The predicted molar refractivity (Wildman–Crippen MR) is 94.0 cm³/mol. The van der Waals surface area contributed by atoms with Gasteiger partial charge in [0.2, 0.25) is 0 Å². The lowest BCUT2D eigenvalue weighted by atomic mass is 10.3. The zero-order valence-electron chi connectivity index (χ0n) is 13.0. The van der Waals surface area contributed by atoms with Crippen LogP contribution in [0.1, 0.15) is 18.8 Å². The molecule has 0 bridgehead atoms. The number of nitrogens with zero attached hydrogens (tertiary/aromatic N) is 5. The van der Waals surface area contributed by atoms with Crippen LogP contribution in [-0.2, 0) is 0 Å². The molecule has 3 rings (SSSR count). The van der Waals surface area contributed by atoms with Crippen LogP contribution in [0.3, 0.4) is 0 Å². The molecule has 1 atom stereocenters. The second kappa shape index (κ2) is 7.45. The molecule has 3 aromatic rings. The first-order valence-corrected chi connectivity index (χ1v) is 8.00. The Morgan fingerprint density at radius 1 is 1.16 bits per heavy atom. The van der Waals surface area contributed by atoms with Crippen molar-refractivity contribution < 1.29 is 4.79 Å². The molecule has 0 spiro atoms. The van der Waals surface area contributed by atoms with Crippen LogP contribution in [0.5, 0.6) is 0 Å². The molecule has 128 valence electrons. The first-order chi connectivity index (χ1) is 12.1. The maximum atomic E-state index is 12.2. The van der Waals surface area contributed by atoms with Gasteiger partial charge in [-0.2, -0.15) is 9.78 Å². The molecule has 0 unspecified atom stereocenters. The minimum Gasteiger partial charge on any atom is -0.328 e. The summed E-state index contributed by atoms with van der Waals surface area (Å²) in [5.41, 5.74) is 0.409. The maximum absolute atomic E-state index is 12.2. The van der Waals surface area contributed by atoms with E-state index in [0.717, 1.165) is 0 Å². The van der Waals surface area contributed by atoms with Gasteiger partial charge in [0.05, 0.1) is 21.8 Å². The Morgan fingerprint density at radius 3 is 2.68 bits per heavy atom. The molecule has 0 aliphatic heterocycles. The largest absolute Gasteiger partial charge is 0.328 e. The van der Waals surface area contributed by atoms with Gasteiger partial charge in [0, 0.05) is 12.4 Å². The van der Waals surface area contributed by atoms with Gasteiger partial charge in [-0.1, -0.05) is 29.3 Å². The molecule has 0 aliphatic rings. The van der Waals surface area contributed by atoms with Gasteiger partial charge in [0.25, 0.3) is 5.95 Å². The lowest BCUT2D eigenvalue weighted by molar-refractivity contribution is 0.248. The number of carbonyl (C=O) groups is 1. The van der Waals surface area contributed by atoms with Gasteiger partial charge in [-0.05, 0) is 25.1 Å². The zero-order valence-corrected chi connectivity index (χ0v) is 14.5. The van der Waals surface area contributed by atoms with E-state index in [1.54, 1.807) is 43.6 Å². The number of benzene rings is 1. The van der Waals surface area contributed by atoms with Gasteiger partial charge in [-0.25, -0.2) is 19.7 Å². The highest BCUT2D eigenvalue weighted by Gasteiger charge is 2.18. The number of hydrogen-bond donors (Lipinski definition) is 2. The minimum absolute atomic E-state index is 0.271. The van der Waals surface area contributed by atoms with Gasteiger partial charge in [0.1, 0.15) is 6.33 Å². The fraction of sp³-hybridized carbons (Fsp3) is 0.133. The fourth-order valence-corrected chi connectivity index (χ4v) is 2.47. The van der Waals surface area contributed by atoms with Gasteiger partial charge in [-0.15, -0.1) is 0 Å². The monoisotopic (exact) mass is 377 g/mol. The van der Waals surface area contributed by atoms with E-state index in [2.05, 4.69) is 30.7 Å². The van der Waals surface area contributed by atoms with Crippen molar-refractivity contribution in [1.29, 1.82) is 0 Å². The predicted octanol–water partition coefficient (Wildman–Crippen LogP) is 3.25. The number of rotatable bonds is 4. The summed E-state index contributed by atoms with van der Waals surface area (Å²) in [4.78, 5) is 24.6. The Bertz CT molecular complexity index is 885. The Morgan fingerprint density at radius 2 is 1.92 bits per heavy atom. The van der Waals surface area contributed by atoms with Crippen LogP contribution >= 0.6 is 23.2 Å². The number of hydrogen-bond acceptors (Lipinski definition) is 5. The molecule has 0 radical (unpaired) electrons. The highest BCUT2D eigenvalue weighted by atomic mass is 35.5. The lowest BCUT2D eigenvalue weighted by Gasteiger charge is -2.15. The summed E-state index contributed by atoms with van der Waals surface area (Å²) < 4.78 is 1.46. The Balaban J connectivity index is 1.73. The summed E-state index contributed by atoms with van der Waals surface area (Å²) >= 11 is 12.0. The maximum Gasteiger partial charge on any atom is 0.319 e. The van der Waals surface area contributed by atoms with E-state index in [9.17, 15) is 4.79 Å². The summed E-state index contributed by atoms with van der Waals surface area (Å²) in [5.74, 6) is 0.848. The number of nitrogens with one attached hydrogen (secondary N) is 2. The summed E-state index contributed by atoms with van der Waals surface area (Å²) in [5, 5.41) is 10.1. The highest BCUT2D eigenvalue weighted by molar-refractivity contribution is 6.43. The Kier molecular flexibility index (Phi) is 5.11. The van der Waals surface area contributed by atoms with Crippen LogP contribution in [0, 0.1) is 0 Å². The van der Waals surface area contributed by atoms with Crippen molar-refractivity contribution in [2.24, 2.45) is 0 Å². The van der Waals surface area contributed by atoms with E-state index in [-0.39, 0.29) is 5.02 Å². The van der Waals surface area contributed by atoms with Crippen molar-refractivity contribution in [3.05, 3.63) is 58.9 Å².